The topological polar surface area (TPSA) is 3.24 Å². The van der Waals surface area contributed by atoms with Gasteiger partial charge in [0.25, 0.3) is 0 Å². The lowest BCUT2D eigenvalue weighted by atomic mass is 10.1. The SMILES string of the molecule is CCCCN(CCC)c1c(C)cccc1C. The molecule has 0 aromatic heterocycles. The van der Waals surface area contributed by atoms with Gasteiger partial charge in [-0.15, -0.1) is 0 Å². The predicted molar refractivity (Wildman–Crippen MR) is 73.3 cm³/mol. The van der Waals surface area contributed by atoms with Gasteiger partial charge in [-0.05, 0) is 37.8 Å². The summed E-state index contributed by atoms with van der Waals surface area (Å²) in [7, 11) is 0. The van der Waals surface area contributed by atoms with Crippen molar-refractivity contribution in [1.82, 2.24) is 0 Å². The van der Waals surface area contributed by atoms with Crippen molar-refractivity contribution in [1.29, 1.82) is 0 Å². The van der Waals surface area contributed by atoms with Gasteiger partial charge in [0.05, 0.1) is 0 Å². The summed E-state index contributed by atoms with van der Waals surface area (Å²) >= 11 is 0. The Hall–Kier alpha value is -0.980. The summed E-state index contributed by atoms with van der Waals surface area (Å²) in [6.45, 7) is 11.3. The number of anilines is 1. The molecule has 0 saturated heterocycles. The lowest BCUT2D eigenvalue weighted by Gasteiger charge is -2.27. The fraction of sp³-hybridized carbons (Fsp3) is 0.600. The zero-order chi connectivity index (χ0) is 12.0. The molecule has 0 aliphatic rings. The maximum Gasteiger partial charge on any atom is 0.0425 e. The molecule has 0 atom stereocenters. The number of unbranched alkanes of at least 4 members (excludes halogenated alkanes) is 1. The zero-order valence-electron chi connectivity index (χ0n) is 11.2. The number of para-hydroxylation sites is 1. The molecule has 0 radical (unpaired) electrons. The van der Waals surface area contributed by atoms with Gasteiger partial charge in [0, 0.05) is 18.8 Å². The monoisotopic (exact) mass is 219 g/mol. The maximum absolute atomic E-state index is 2.55. The van der Waals surface area contributed by atoms with Crippen molar-refractivity contribution in [3.8, 4) is 0 Å². The van der Waals surface area contributed by atoms with Crippen molar-refractivity contribution in [2.45, 2.75) is 47.0 Å². The molecule has 90 valence electrons. The second-order valence-electron chi connectivity index (χ2n) is 4.58. The molecule has 0 amide bonds. The first kappa shape index (κ1) is 13.1. The van der Waals surface area contributed by atoms with Crippen LogP contribution in [-0.4, -0.2) is 13.1 Å². The Balaban J connectivity index is 2.90. The molecule has 1 aromatic carbocycles. The maximum atomic E-state index is 2.55. The third-order valence-electron chi connectivity index (χ3n) is 3.03. The molecule has 1 nitrogen and oxygen atoms in total. The first-order valence-electron chi connectivity index (χ1n) is 6.51. The third-order valence-corrected chi connectivity index (χ3v) is 3.03. The van der Waals surface area contributed by atoms with Crippen LogP contribution in [-0.2, 0) is 0 Å². The number of nitrogens with zero attached hydrogens (tertiary/aromatic N) is 1. The summed E-state index contributed by atoms with van der Waals surface area (Å²) in [5.41, 5.74) is 4.27. The fourth-order valence-corrected chi connectivity index (χ4v) is 2.26. The van der Waals surface area contributed by atoms with Gasteiger partial charge in [0.15, 0.2) is 0 Å². The highest BCUT2D eigenvalue weighted by Gasteiger charge is 2.10. The van der Waals surface area contributed by atoms with Crippen molar-refractivity contribution < 1.29 is 0 Å². The third kappa shape index (κ3) is 3.26. The molecular weight excluding hydrogens is 194 g/mol. The highest BCUT2D eigenvalue weighted by molar-refractivity contribution is 5.58. The Kier molecular flexibility index (Phi) is 5.37. The number of hydrogen-bond donors (Lipinski definition) is 0. The van der Waals surface area contributed by atoms with Crippen molar-refractivity contribution in [2.75, 3.05) is 18.0 Å². The fourth-order valence-electron chi connectivity index (χ4n) is 2.26. The van der Waals surface area contributed by atoms with Gasteiger partial charge in [0.1, 0.15) is 0 Å². The summed E-state index contributed by atoms with van der Waals surface area (Å²) in [6.07, 6.45) is 3.77. The molecule has 1 rings (SSSR count). The summed E-state index contributed by atoms with van der Waals surface area (Å²) in [6, 6.07) is 6.59. The van der Waals surface area contributed by atoms with Crippen LogP contribution in [0.15, 0.2) is 18.2 Å². The van der Waals surface area contributed by atoms with Crippen LogP contribution in [0.25, 0.3) is 0 Å². The van der Waals surface area contributed by atoms with Crippen molar-refractivity contribution in [3.05, 3.63) is 29.3 Å². The quantitative estimate of drug-likeness (QED) is 0.688. The highest BCUT2D eigenvalue weighted by Crippen LogP contribution is 2.25. The summed E-state index contributed by atoms with van der Waals surface area (Å²) < 4.78 is 0. The first-order chi connectivity index (χ1) is 7.70. The average Bonchev–Trinajstić information content (AvgIpc) is 2.25. The highest BCUT2D eigenvalue weighted by atomic mass is 15.1. The minimum absolute atomic E-state index is 1.17. The number of benzene rings is 1. The molecule has 0 heterocycles. The molecule has 0 fully saturated rings. The Morgan fingerprint density at radius 1 is 0.938 bits per heavy atom. The van der Waals surface area contributed by atoms with E-state index in [4.69, 9.17) is 0 Å². The van der Waals surface area contributed by atoms with Gasteiger partial charge < -0.3 is 4.90 Å². The second-order valence-corrected chi connectivity index (χ2v) is 4.58. The van der Waals surface area contributed by atoms with Crippen LogP contribution in [0.4, 0.5) is 5.69 Å². The smallest absolute Gasteiger partial charge is 0.0425 e. The molecule has 16 heavy (non-hydrogen) atoms. The lowest BCUT2D eigenvalue weighted by molar-refractivity contribution is 0.701. The predicted octanol–water partition coefficient (Wildman–Crippen LogP) is 4.32. The van der Waals surface area contributed by atoms with E-state index in [9.17, 15) is 0 Å². The van der Waals surface area contributed by atoms with Gasteiger partial charge >= 0.3 is 0 Å². The number of aryl methyl sites for hydroxylation is 2. The van der Waals surface area contributed by atoms with Gasteiger partial charge in [-0.25, -0.2) is 0 Å². The normalized spacial score (nSPS) is 10.5. The molecule has 1 heteroatoms. The molecule has 0 bridgehead atoms. The van der Waals surface area contributed by atoms with Crippen LogP contribution in [0.1, 0.15) is 44.2 Å². The van der Waals surface area contributed by atoms with Crippen LogP contribution in [0, 0.1) is 13.8 Å². The molecular formula is C15H25N. The van der Waals surface area contributed by atoms with E-state index in [1.165, 1.54) is 49.2 Å². The second kappa shape index (κ2) is 6.57. The molecule has 0 unspecified atom stereocenters. The standard InChI is InChI=1S/C15H25N/c1-5-7-12-16(11-6-2)15-13(3)9-8-10-14(15)4/h8-10H,5-7,11-12H2,1-4H3. The van der Waals surface area contributed by atoms with E-state index in [1.807, 2.05) is 0 Å². The van der Waals surface area contributed by atoms with Gasteiger partial charge in [0.2, 0.25) is 0 Å². The summed E-state index contributed by atoms with van der Waals surface area (Å²) in [5.74, 6) is 0. The molecule has 0 aliphatic carbocycles. The van der Waals surface area contributed by atoms with Crippen LogP contribution in [0.2, 0.25) is 0 Å². The van der Waals surface area contributed by atoms with Crippen molar-refractivity contribution >= 4 is 5.69 Å². The Bertz CT molecular complexity index is 297. The largest absolute Gasteiger partial charge is 0.371 e. The number of hydrogen-bond acceptors (Lipinski definition) is 1. The van der Waals surface area contributed by atoms with E-state index in [-0.39, 0.29) is 0 Å². The Morgan fingerprint density at radius 3 is 2.06 bits per heavy atom. The van der Waals surface area contributed by atoms with E-state index in [2.05, 4.69) is 50.8 Å². The first-order valence-corrected chi connectivity index (χ1v) is 6.51. The van der Waals surface area contributed by atoms with Crippen LogP contribution in [0.5, 0.6) is 0 Å². The van der Waals surface area contributed by atoms with E-state index in [0.29, 0.717) is 0 Å². The lowest BCUT2D eigenvalue weighted by Crippen LogP contribution is -2.26. The van der Waals surface area contributed by atoms with E-state index >= 15 is 0 Å². The van der Waals surface area contributed by atoms with E-state index < -0.39 is 0 Å². The van der Waals surface area contributed by atoms with Crippen LogP contribution < -0.4 is 4.90 Å². The van der Waals surface area contributed by atoms with E-state index in [0.717, 1.165) is 0 Å². The van der Waals surface area contributed by atoms with E-state index in [1.54, 1.807) is 0 Å². The van der Waals surface area contributed by atoms with Gasteiger partial charge in [-0.1, -0.05) is 38.5 Å². The van der Waals surface area contributed by atoms with Crippen LogP contribution >= 0.6 is 0 Å². The Morgan fingerprint density at radius 2 is 1.56 bits per heavy atom. The van der Waals surface area contributed by atoms with Gasteiger partial charge in [-0.2, -0.15) is 0 Å². The summed E-state index contributed by atoms with van der Waals surface area (Å²) in [5, 5.41) is 0. The summed E-state index contributed by atoms with van der Waals surface area (Å²) in [4.78, 5) is 2.55. The van der Waals surface area contributed by atoms with Crippen molar-refractivity contribution in [2.24, 2.45) is 0 Å². The molecule has 0 N–H and O–H groups in total. The molecule has 0 aliphatic heterocycles. The minimum atomic E-state index is 1.17. The molecule has 0 spiro atoms. The Labute approximate surface area is 100 Å². The number of rotatable bonds is 6. The van der Waals surface area contributed by atoms with Crippen LogP contribution in [0.3, 0.4) is 0 Å². The van der Waals surface area contributed by atoms with Gasteiger partial charge in [-0.3, -0.25) is 0 Å². The zero-order valence-corrected chi connectivity index (χ0v) is 11.2. The minimum Gasteiger partial charge on any atom is -0.371 e. The van der Waals surface area contributed by atoms with Crippen molar-refractivity contribution in [3.63, 3.8) is 0 Å². The molecule has 0 saturated carbocycles. The molecule has 1 aromatic rings. The average molecular weight is 219 g/mol.